The molecule has 4 heteroatoms. The topological polar surface area (TPSA) is 52.6 Å². The fourth-order valence-corrected chi connectivity index (χ4v) is 2.82. The van der Waals surface area contributed by atoms with Crippen molar-refractivity contribution in [2.24, 2.45) is 5.92 Å². The molecule has 1 aliphatic rings. The molecule has 0 radical (unpaired) electrons. The van der Waals surface area contributed by atoms with Crippen molar-refractivity contribution in [1.82, 2.24) is 5.32 Å². The van der Waals surface area contributed by atoms with Crippen LogP contribution in [0.2, 0.25) is 0 Å². The molecule has 2 N–H and O–H groups in total. The monoisotopic (exact) mass is 276 g/mol. The number of para-hydroxylation sites is 1. The number of nitrogens with zero attached hydrogens (tertiary/aromatic N) is 1. The summed E-state index contributed by atoms with van der Waals surface area (Å²) in [5, 5.41) is 12.3. The SMILES string of the molecule is CNC(C)(CCN1CC(C)Cc2ccccc21)C(=O)O. The van der Waals surface area contributed by atoms with Crippen molar-refractivity contribution in [3.8, 4) is 0 Å². The molecule has 4 nitrogen and oxygen atoms in total. The first-order valence-electron chi connectivity index (χ1n) is 7.21. The van der Waals surface area contributed by atoms with Crippen LogP contribution < -0.4 is 10.2 Å². The van der Waals surface area contributed by atoms with Crippen LogP contribution in [-0.2, 0) is 11.2 Å². The third kappa shape index (κ3) is 2.96. The van der Waals surface area contributed by atoms with E-state index in [1.807, 2.05) is 0 Å². The van der Waals surface area contributed by atoms with Gasteiger partial charge in [-0.15, -0.1) is 0 Å². The van der Waals surface area contributed by atoms with Gasteiger partial charge in [-0.2, -0.15) is 0 Å². The van der Waals surface area contributed by atoms with Gasteiger partial charge >= 0.3 is 5.97 Å². The molecule has 2 rings (SSSR count). The van der Waals surface area contributed by atoms with E-state index in [4.69, 9.17) is 0 Å². The second-order valence-corrected chi connectivity index (χ2v) is 6.02. The first-order chi connectivity index (χ1) is 9.46. The minimum absolute atomic E-state index is 0.583. The molecule has 1 aromatic carbocycles. The van der Waals surface area contributed by atoms with Gasteiger partial charge in [0.25, 0.3) is 0 Å². The molecule has 0 saturated carbocycles. The Morgan fingerprint density at radius 1 is 1.50 bits per heavy atom. The highest BCUT2D eigenvalue weighted by Crippen LogP contribution is 2.30. The number of nitrogens with one attached hydrogen (secondary N) is 1. The Labute approximate surface area is 120 Å². The van der Waals surface area contributed by atoms with E-state index in [9.17, 15) is 9.90 Å². The highest BCUT2D eigenvalue weighted by molar-refractivity contribution is 5.78. The average molecular weight is 276 g/mol. The third-order valence-electron chi connectivity index (χ3n) is 4.34. The Hall–Kier alpha value is -1.55. The third-order valence-corrected chi connectivity index (χ3v) is 4.34. The summed E-state index contributed by atoms with van der Waals surface area (Å²) in [5.74, 6) is -0.186. The molecular formula is C16H24N2O2. The lowest BCUT2D eigenvalue weighted by Crippen LogP contribution is -2.50. The predicted molar refractivity (Wildman–Crippen MR) is 81.2 cm³/mol. The lowest BCUT2D eigenvalue weighted by Gasteiger charge is -2.37. The Morgan fingerprint density at radius 3 is 2.85 bits per heavy atom. The van der Waals surface area contributed by atoms with Crippen LogP contribution in [0.4, 0.5) is 5.69 Å². The minimum Gasteiger partial charge on any atom is -0.480 e. The fraction of sp³-hybridized carbons (Fsp3) is 0.562. The van der Waals surface area contributed by atoms with Crippen molar-refractivity contribution in [2.75, 3.05) is 25.0 Å². The number of hydrogen-bond donors (Lipinski definition) is 2. The van der Waals surface area contributed by atoms with Crippen molar-refractivity contribution >= 4 is 11.7 Å². The van der Waals surface area contributed by atoms with E-state index in [0.29, 0.717) is 12.3 Å². The lowest BCUT2D eigenvalue weighted by atomic mass is 9.92. The van der Waals surface area contributed by atoms with Crippen LogP contribution >= 0.6 is 0 Å². The molecule has 20 heavy (non-hydrogen) atoms. The molecule has 0 aliphatic carbocycles. The summed E-state index contributed by atoms with van der Waals surface area (Å²) in [6.07, 6.45) is 1.69. The number of aliphatic carboxylic acids is 1. The highest BCUT2D eigenvalue weighted by atomic mass is 16.4. The molecule has 110 valence electrons. The van der Waals surface area contributed by atoms with E-state index in [0.717, 1.165) is 19.5 Å². The number of hydrogen-bond acceptors (Lipinski definition) is 3. The molecule has 2 atom stereocenters. The van der Waals surface area contributed by atoms with Crippen molar-refractivity contribution in [3.05, 3.63) is 29.8 Å². The van der Waals surface area contributed by atoms with E-state index < -0.39 is 11.5 Å². The zero-order valence-corrected chi connectivity index (χ0v) is 12.5. The number of likely N-dealkylation sites (N-methyl/N-ethyl adjacent to an activating group) is 1. The fourth-order valence-electron chi connectivity index (χ4n) is 2.82. The maximum atomic E-state index is 11.4. The van der Waals surface area contributed by atoms with Gasteiger partial charge in [0.05, 0.1) is 0 Å². The van der Waals surface area contributed by atoms with Gasteiger partial charge in [-0.25, -0.2) is 0 Å². The summed E-state index contributed by atoms with van der Waals surface area (Å²) in [4.78, 5) is 13.7. The van der Waals surface area contributed by atoms with Gasteiger partial charge in [0.2, 0.25) is 0 Å². The number of anilines is 1. The van der Waals surface area contributed by atoms with Crippen LogP contribution in [0, 0.1) is 5.92 Å². The van der Waals surface area contributed by atoms with Crippen molar-refractivity contribution in [3.63, 3.8) is 0 Å². The van der Waals surface area contributed by atoms with Crippen LogP contribution in [-0.4, -0.2) is 36.8 Å². The standard InChI is InChI=1S/C16H24N2O2/c1-12-10-13-6-4-5-7-14(13)18(11-12)9-8-16(2,17-3)15(19)20/h4-7,12,17H,8-11H2,1-3H3,(H,19,20). The molecule has 0 saturated heterocycles. The van der Waals surface area contributed by atoms with E-state index in [1.54, 1.807) is 14.0 Å². The summed E-state index contributed by atoms with van der Waals surface area (Å²) in [5.41, 5.74) is 1.76. The molecular weight excluding hydrogens is 252 g/mol. The molecule has 0 bridgehead atoms. The molecule has 0 fully saturated rings. The van der Waals surface area contributed by atoms with Crippen molar-refractivity contribution < 1.29 is 9.90 Å². The van der Waals surface area contributed by atoms with Crippen LogP contribution in [0.25, 0.3) is 0 Å². The Morgan fingerprint density at radius 2 is 2.20 bits per heavy atom. The molecule has 1 heterocycles. The zero-order valence-electron chi connectivity index (χ0n) is 12.5. The summed E-state index contributed by atoms with van der Waals surface area (Å²) >= 11 is 0. The summed E-state index contributed by atoms with van der Waals surface area (Å²) in [6, 6.07) is 8.44. The second-order valence-electron chi connectivity index (χ2n) is 6.02. The van der Waals surface area contributed by atoms with Gasteiger partial charge in [-0.1, -0.05) is 25.1 Å². The molecule has 1 aromatic rings. The smallest absolute Gasteiger partial charge is 0.323 e. The van der Waals surface area contributed by atoms with Gasteiger partial charge in [0, 0.05) is 18.8 Å². The van der Waals surface area contributed by atoms with Gasteiger partial charge in [0.1, 0.15) is 5.54 Å². The van der Waals surface area contributed by atoms with Gasteiger partial charge in [0.15, 0.2) is 0 Å². The van der Waals surface area contributed by atoms with Crippen LogP contribution in [0.5, 0.6) is 0 Å². The minimum atomic E-state index is -0.865. The van der Waals surface area contributed by atoms with Crippen molar-refractivity contribution in [2.45, 2.75) is 32.2 Å². The highest BCUT2D eigenvalue weighted by Gasteiger charge is 2.32. The summed E-state index contributed by atoms with van der Waals surface area (Å²) < 4.78 is 0. The first kappa shape index (κ1) is 14.9. The average Bonchev–Trinajstić information content (AvgIpc) is 2.44. The quantitative estimate of drug-likeness (QED) is 0.865. The lowest BCUT2D eigenvalue weighted by molar-refractivity contribution is -0.144. The van der Waals surface area contributed by atoms with Gasteiger partial charge in [-0.3, -0.25) is 4.79 Å². The van der Waals surface area contributed by atoms with Crippen molar-refractivity contribution in [1.29, 1.82) is 0 Å². The van der Waals surface area contributed by atoms with E-state index in [2.05, 4.69) is 41.4 Å². The number of fused-ring (bicyclic) bond motifs is 1. The number of carboxylic acid groups (broad SMARTS) is 1. The zero-order chi connectivity index (χ0) is 14.8. The maximum Gasteiger partial charge on any atom is 0.323 e. The Kier molecular flexibility index (Phi) is 4.33. The van der Waals surface area contributed by atoms with E-state index >= 15 is 0 Å². The largest absolute Gasteiger partial charge is 0.480 e. The van der Waals surface area contributed by atoms with Gasteiger partial charge < -0.3 is 15.3 Å². The number of rotatable bonds is 5. The molecule has 0 aromatic heterocycles. The van der Waals surface area contributed by atoms with E-state index in [1.165, 1.54) is 11.3 Å². The number of benzene rings is 1. The molecule has 0 spiro atoms. The summed E-state index contributed by atoms with van der Waals surface area (Å²) in [6.45, 7) is 5.74. The Balaban J connectivity index is 2.12. The molecule has 2 unspecified atom stereocenters. The van der Waals surface area contributed by atoms with E-state index in [-0.39, 0.29) is 0 Å². The Bertz CT molecular complexity index is 489. The predicted octanol–water partition coefficient (Wildman–Crippen LogP) is 2.14. The van der Waals surface area contributed by atoms with Crippen LogP contribution in [0.3, 0.4) is 0 Å². The number of carbonyl (C=O) groups is 1. The maximum absolute atomic E-state index is 11.4. The second kappa shape index (κ2) is 5.83. The molecule has 1 aliphatic heterocycles. The van der Waals surface area contributed by atoms with Crippen LogP contribution in [0.1, 0.15) is 25.8 Å². The normalized spacial score (nSPS) is 21.1. The summed E-state index contributed by atoms with van der Waals surface area (Å²) in [7, 11) is 1.71. The van der Waals surface area contributed by atoms with Gasteiger partial charge in [-0.05, 0) is 44.4 Å². The number of carboxylic acids is 1. The van der Waals surface area contributed by atoms with Crippen LogP contribution in [0.15, 0.2) is 24.3 Å². The first-order valence-corrected chi connectivity index (χ1v) is 7.21. The molecule has 0 amide bonds.